The summed E-state index contributed by atoms with van der Waals surface area (Å²) in [5.41, 5.74) is 0. The Bertz CT molecular complexity index is 2470. The zero-order valence-electron chi connectivity index (χ0n) is 62.1. The van der Waals surface area contributed by atoms with E-state index in [1.165, 1.54) is 44.9 Å². The van der Waals surface area contributed by atoms with Crippen LogP contribution in [0.1, 0.15) is 285 Å². The number of unbranched alkanes of at least 4 members (excludes halogenated alkanes) is 21. The van der Waals surface area contributed by atoms with E-state index in [2.05, 4.69) is 149 Å². The molecule has 19 heteroatoms. The maximum absolute atomic E-state index is 13.1. The van der Waals surface area contributed by atoms with Crippen LogP contribution in [-0.4, -0.2) is 96.7 Å². The molecule has 0 aliphatic heterocycles. The Balaban J connectivity index is 5.46. The van der Waals surface area contributed by atoms with Crippen molar-refractivity contribution in [2.24, 2.45) is 0 Å². The number of aliphatic hydroxyl groups excluding tert-OH is 1. The van der Waals surface area contributed by atoms with E-state index in [1.54, 1.807) is 12.2 Å². The molecular formula is C81H134O17P2. The Labute approximate surface area is 605 Å². The molecule has 0 rings (SSSR count). The lowest BCUT2D eigenvalue weighted by Gasteiger charge is -2.21. The molecule has 5 atom stereocenters. The summed E-state index contributed by atoms with van der Waals surface area (Å²) in [6.07, 6.45) is 81.6. The van der Waals surface area contributed by atoms with Gasteiger partial charge in [0.15, 0.2) is 12.2 Å². The smallest absolute Gasteiger partial charge is 0.462 e. The van der Waals surface area contributed by atoms with Crippen LogP contribution < -0.4 is 0 Å². The highest BCUT2D eigenvalue weighted by molar-refractivity contribution is 7.47. The van der Waals surface area contributed by atoms with Gasteiger partial charge in [-0.1, -0.05) is 257 Å². The normalized spacial score (nSPS) is 14.8. The number of ether oxygens (including phenoxy) is 4. The van der Waals surface area contributed by atoms with Gasteiger partial charge in [-0.15, -0.1) is 0 Å². The third-order valence-corrected chi connectivity index (χ3v) is 17.2. The molecule has 0 aliphatic rings. The number of phosphoric ester groups is 2. The molecule has 0 bridgehead atoms. The van der Waals surface area contributed by atoms with E-state index >= 15 is 0 Å². The van der Waals surface area contributed by atoms with E-state index in [1.807, 2.05) is 12.2 Å². The van der Waals surface area contributed by atoms with Crippen molar-refractivity contribution in [2.75, 3.05) is 39.6 Å². The van der Waals surface area contributed by atoms with Crippen LogP contribution in [0.3, 0.4) is 0 Å². The molecular weight excluding hydrogens is 1310 g/mol. The molecule has 0 spiro atoms. The van der Waals surface area contributed by atoms with Crippen molar-refractivity contribution in [3.8, 4) is 0 Å². The van der Waals surface area contributed by atoms with Crippen LogP contribution in [0.5, 0.6) is 0 Å². The zero-order valence-corrected chi connectivity index (χ0v) is 63.9. The number of carbonyl (C=O) groups excluding carboxylic acids is 4. The molecule has 0 fully saturated rings. The summed E-state index contributed by atoms with van der Waals surface area (Å²) >= 11 is 0. The Morgan fingerprint density at radius 2 is 0.560 bits per heavy atom. The predicted octanol–water partition coefficient (Wildman–Crippen LogP) is 21.9. The molecule has 0 aromatic heterocycles. The first kappa shape index (κ1) is 94.9. The van der Waals surface area contributed by atoms with Gasteiger partial charge in [0, 0.05) is 19.3 Å². The fraction of sp³-hybridized carbons (Fsp3) is 0.654. The number of esters is 4. The molecule has 0 saturated heterocycles. The van der Waals surface area contributed by atoms with Gasteiger partial charge in [0.25, 0.3) is 0 Å². The van der Waals surface area contributed by atoms with Crippen LogP contribution in [0.25, 0.3) is 0 Å². The summed E-state index contributed by atoms with van der Waals surface area (Å²) in [4.78, 5) is 72.8. The van der Waals surface area contributed by atoms with Crippen molar-refractivity contribution >= 4 is 39.5 Å². The van der Waals surface area contributed by atoms with Gasteiger partial charge in [-0.25, -0.2) is 9.13 Å². The van der Waals surface area contributed by atoms with Crippen LogP contribution in [0.4, 0.5) is 0 Å². The number of carbonyl (C=O) groups is 4. The van der Waals surface area contributed by atoms with E-state index in [0.29, 0.717) is 25.7 Å². The van der Waals surface area contributed by atoms with Crippen molar-refractivity contribution < 1.29 is 80.2 Å². The molecule has 0 aromatic carbocycles. The molecule has 0 amide bonds. The summed E-state index contributed by atoms with van der Waals surface area (Å²) in [7, 11) is -10.0. The minimum absolute atomic E-state index is 0.0757. The average molecular weight is 1440 g/mol. The number of allylic oxidation sites excluding steroid dienone is 23. The van der Waals surface area contributed by atoms with Gasteiger partial charge < -0.3 is 33.8 Å². The van der Waals surface area contributed by atoms with Crippen LogP contribution in [-0.2, 0) is 65.4 Å². The molecule has 17 nitrogen and oxygen atoms in total. The summed E-state index contributed by atoms with van der Waals surface area (Å²) in [6, 6.07) is 0. The van der Waals surface area contributed by atoms with Gasteiger partial charge in [0.05, 0.1) is 32.8 Å². The lowest BCUT2D eigenvalue weighted by molar-refractivity contribution is -0.161. The number of hydrogen-bond donors (Lipinski definition) is 3. The zero-order chi connectivity index (χ0) is 73.2. The molecule has 0 radical (unpaired) electrons. The second kappa shape index (κ2) is 72.3. The summed E-state index contributed by atoms with van der Waals surface area (Å²) < 4.78 is 68.3. The third kappa shape index (κ3) is 71.3. The fourth-order valence-electron chi connectivity index (χ4n) is 9.55. The SMILES string of the molecule is CC/C=C\C/C=C\C/C=C\C/C=C\C/C=C\CC(=O)OC(COC(=O)CCCCCC/C=C\C/C=C\C/C=C\C/C=C\CC)COP(=O)(O)OCC(O)COP(=O)(O)OCC(COC(=O)CCCCCCC/C=C\C/C=C\CCCCC)OC(=O)CCCCCCC/C=C\CCCCCC. The maximum atomic E-state index is 13.1. The van der Waals surface area contributed by atoms with Gasteiger partial charge in [0.2, 0.25) is 0 Å². The minimum atomic E-state index is -5.01. The quantitative estimate of drug-likeness (QED) is 0.0169. The topological polar surface area (TPSA) is 237 Å². The summed E-state index contributed by atoms with van der Waals surface area (Å²) in [6.45, 7) is 4.42. The Morgan fingerprint density at radius 3 is 0.920 bits per heavy atom. The number of hydrogen-bond acceptors (Lipinski definition) is 15. The van der Waals surface area contributed by atoms with Crippen LogP contribution in [0.2, 0.25) is 0 Å². The van der Waals surface area contributed by atoms with Crippen LogP contribution >= 0.6 is 15.6 Å². The number of aliphatic hydroxyl groups is 1. The minimum Gasteiger partial charge on any atom is -0.462 e. The largest absolute Gasteiger partial charge is 0.472 e. The van der Waals surface area contributed by atoms with Crippen molar-refractivity contribution in [2.45, 2.75) is 303 Å². The number of phosphoric acid groups is 2. The Kier molecular flexibility index (Phi) is 68.6. The highest BCUT2D eigenvalue weighted by Crippen LogP contribution is 2.45. The highest BCUT2D eigenvalue weighted by atomic mass is 31.2. The third-order valence-electron chi connectivity index (χ3n) is 15.3. The molecule has 0 saturated carbocycles. The van der Waals surface area contributed by atoms with E-state index in [0.717, 1.165) is 161 Å². The van der Waals surface area contributed by atoms with Crippen molar-refractivity contribution in [3.05, 3.63) is 146 Å². The van der Waals surface area contributed by atoms with Gasteiger partial charge in [0.1, 0.15) is 19.3 Å². The van der Waals surface area contributed by atoms with Crippen molar-refractivity contribution in [1.29, 1.82) is 0 Å². The van der Waals surface area contributed by atoms with Crippen LogP contribution in [0, 0.1) is 0 Å². The average Bonchev–Trinajstić information content (AvgIpc) is 0.932. The van der Waals surface area contributed by atoms with Gasteiger partial charge in [-0.2, -0.15) is 0 Å². The molecule has 5 unspecified atom stereocenters. The second-order valence-electron chi connectivity index (χ2n) is 24.8. The van der Waals surface area contributed by atoms with Crippen LogP contribution in [0.15, 0.2) is 146 Å². The summed E-state index contributed by atoms with van der Waals surface area (Å²) in [5.74, 6) is -2.38. The first-order valence-electron chi connectivity index (χ1n) is 38.1. The standard InChI is InChI=1S/C81H134O17P2/c1-5-9-13-17-21-25-29-33-36-37-40-43-46-50-54-58-62-66-79(84)92-72-77(98-81(86)68-64-60-56-52-48-44-39-35-31-27-23-19-15-11-7-3)74-96-100(89,90)94-70-75(82)69-93-99(87,88)95-73-76(97-80(85)67-63-59-55-51-47-41-32-28-24-20-16-12-8-4)71-91-78(83)65-61-57-53-49-45-42-38-34-30-26-22-18-14-10-6-2/h9,11,13,15,21-23,25-28,32-36,38-40,43,48,52,60,64,75-77,82H,5-8,10,12,14,16-20,24,29-31,37,41-42,44-47,49-51,53-59,61-63,65-74H2,1-4H3,(H,87,88)(H,89,90)/b13-9-,15-11-,25-21-,26-22-,27-23-,32-28-,36-33-,38-34-,39-35-,43-40-,52-48-,64-60-. The molecule has 570 valence electrons. The first-order chi connectivity index (χ1) is 48.7. The van der Waals surface area contributed by atoms with Gasteiger partial charge in [-0.3, -0.25) is 37.3 Å². The van der Waals surface area contributed by atoms with E-state index in [-0.39, 0.29) is 25.7 Å². The first-order valence-corrected chi connectivity index (χ1v) is 41.1. The highest BCUT2D eigenvalue weighted by Gasteiger charge is 2.30. The fourth-order valence-corrected chi connectivity index (χ4v) is 11.1. The maximum Gasteiger partial charge on any atom is 0.472 e. The van der Waals surface area contributed by atoms with Crippen molar-refractivity contribution in [1.82, 2.24) is 0 Å². The molecule has 0 aliphatic carbocycles. The molecule has 3 N–H and O–H groups in total. The van der Waals surface area contributed by atoms with E-state index in [4.69, 9.17) is 37.0 Å². The lowest BCUT2D eigenvalue weighted by Crippen LogP contribution is -2.30. The molecule has 0 heterocycles. The summed E-state index contributed by atoms with van der Waals surface area (Å²) in [5, 5.41) is 10.6. The van der Waals surface area contributed by atoms with Crippen molar-refractivity contribution in [3.63, 3.8) is 0 Å². The number of rotatable bonds is 70. The molecule has 0 aromatic rings. The predicted molar refractivity (Wildman–Crippen MR) is 408 cm³/mol. The Hall–Kier alpha value is -5.06. The Morgan fingerprint density at radius 1 is 0.300 bits per heavy atom. The van der Waals surface area contributed by atoms with E-state index in [9.17, 15) is 43.2 Å². The lowest BCUT2D eigenvalue weighted by atomic mass is 10.1. The monoisotopic (exact) mass is 1440 g/mol. The van der Waals surface area contributed by atoms with Gasteiger partial charge in [-0.05, 0) is 148 Å². The van der Waals surface area contributed by atoms with Gasteiger partial charge >= 0.3 is 39.5 Å². The van der Waals surface area contributed by atoms with E-state index < -0.39 is 97.5 Å². The molecule has 100 heavy (non-hydrogen) atoms. The second-order valence-corrected chi connectivity index (χ2v) is 27.7.